The number of aliphatic carboxylic acids is 1. The second kappa shape index (κ2) is 14.9. The van der Waals surface area contributed by atoms with Crippen LogP contribution < -0.4 is 10.6 Å². The van der Waals surface area contributed by atoms with Crippen LogP contribution in [-0.4, -0.2) is 53.8 Å². The zero-order valence-corrected chi connectivity index (χ0v) is 24.3. The second-order valence-electron chi connectivity index (χ2n) is 11.1. The molecule has 0 bridgehead atoms. The second-order valence-corrected chi connectivity index (χ2v) is 11.1. The Balaban J connectivity index is 1.83. The standard InChI is InChI=1S/C33H38N2O7/c1-22(30(37)38)34-29(36)27(19-24-15-17-26(18-16-24)25-13-9-6-10-14-25)35-28(20-23-11-7-5-8-12-23)31(39)41-21-42-32(40)33(2,3)4/h5-18,22,27-28,35H,19-21H2,1-4H3,(H,34,36)(H,37,38)/t22-,27-,28?/m0/s1. The van der Waals surface area contributed by atoms with Crippen molar-refractivity contribution in [3.8, 4) is 11.1 Å². The Morgan fingerprint density at radius 2 is 1.26 bits per heavy atom. The lowest BCUT2D eigenvalue weighted by Gasteiger charge is -2.25. The highest BCUT2D eigenvalue weighted by Crippen LogP contribution is 2.20. The molecular weight excluding hydrogens is 536 g/mol. The quantitative estimate of drug-likeness (QED) is 0.205. The molecule has 0 radical (unpaired) electrons. The lowest BCUT2D eigenvalue weighted by Crippen LogP contribution is -2.55. The fraction of sp³-hybridized carbons (Fsp3) is 0.333. The predicted octanol–water partition coefficient (Wildman–Crippen LogP) is 4.14. The SMILES string of the molecule is C[C@H](NC(=O)[C@H](Cc1ccc(-c2ccccc2)cc1)NC(Cc1ccccc1)C(=O)OCOC(=O)C(C)(C)C)C(=O)O. The van der Waals surface area contributed by atoms with Crippen LogP contribution in [0.1, 0.15) is 38.8 Å². The van der Waals surface area contributed by atoms with Gasteiger partial charge in [-0.1, -0.05) is 84.9 Å². The first-order valence-corrected chi connectivity index (χ1v) is 13.8. The molecule has 0 spiro atoms. The van der Waals surface area contributed by atoms with Gasteiger partial charge in [0.15, 0.2) is 0 Å². The Hall–Kier alpha value is -4.50. The summed E-state index contributed by atoms with van der Waals surface area (Å²) in [6.07, 6.45) is 0.350. The summed E-state index contributed by atoms with van der Waals surface area (Å²) < 4.78 is 10.4. The van der Waals surface area contributed by atoms with E-state index in [4.69, 9.17) is 9.47 Å². The molecule has 1 amide bonds. The maximum absolute atomic E-state index is 13.3. The van der Waals surface area contributed by atoms with Crippen LogP contribution in [0.3, 0.4) is 0 Å². The van der Waals surface area contributed by atoms with Gasteiger partial charge in [0.05, 0.1) is 11.5 Å². The smallest absolute Gasteiger partial charge is 0.326 e. The number of carbonyl (C=O) groups excluding carboxylic acids is 3. The van der Waals surface area contributed by atoms with Gasteiger partial charge in [0.1, 0.15) is 12.1 Å². The van der Waals surface area contributed by atoms with Gasteiger partial charge in [0.25, 0.3) is 0 Å². The third-order valence-corrected chi connectivity index (χ3v) is 6.52. The summed E-state index contributed by atoms with van der Waals surface area (Å²) in [5.74, 6) is -3.01. The maximum atomic E-state index is 13.3. The van der Waals surface area contributed by atoms with E-state index < -0.39 is 54.1 Å². The Kier molecular flexibility index (Phi) is 11.4. The lowest BCUT2D eigenvalue weighted by molar-refractivity contribution is -0.174. The molecule has 9 nitrogen and oxygen atoms in total. The van der Waals surface area contributed by atoms with Crippen LogP contribution >= 0.6 is 0 Å². The summed E-state index contributed by atoms with van der Waals surface area (Å²) in [4.78, 5) is 50.1. The van der Waals surface area contributed by atoms with E-state index >= 15 is 0 Å². The van der Waals surface area contributed by atoms with E-state index in [-0.39, 0.29) is 12.8 Å². The Bertz CT molecular complexity index is 1340. The van der Waals surface area contributed by atoms with E-state index in [0.29, 0.717) is 0 Å². The fourth-order valence-corrected chi connectivity index (χ4v) is 4.06. The van der Waals surface area contributed by atoms with Crippen LogP contribution in [-0.2, 0) is 41.5 Å². The van der Waals surface area contributed by atoms with Crippen molar-refractivity contribution in [2.24, 2.45) is 5.41 Å². The number of benzene rings is 3. The minimum atomic E-state index is -1.18. The first-order chi connectivity index (χ1) is 19.9. The van der Waals surface area contributed by atoms with Crippen LogP contribution in [0.5, 0.6) is 0 Å². The molecule has 0 fully saturated rings. The summed E-state index contributed by atoms with van der Waals surface area (Å²) in [7, 11) is 0. The molecule has 222 valence electrons. The van der Waals surface area contributed by atoms with Crippen molar-refractivity contribution >= 4 is 23.8 Å². The van der Waals surface area contributed by atoms with E-state index in [1.54, 1.807) is 20.8 Å². The molecule has 42 heavy (non-hydrogen) atoms. The monoisotopic (exact) mass is 574 g/mol. The molecule has 3 aromatic rings. The Morgan fingerprint density at radius 3 is 1.83 bits per heavy atom. The zero-order chi connectivity index (χ0) is 30.7. The van der Waals surface area contributed by atoms with Gasteiger partial charge in [-0.05, 0) is 62.8 Å². The first-order valence-electron chi connectivity index (χ1n) is 13.8. The van der Waals surface area contributed by atoms with E-state index in [1.165, 1.54) is 6.92 Å². The summed E-state index contributed by atoms with van der Waals surface area (Å²) in [5, 5.41) is 14.9. The molecule has 1 unspecified atom stereocenters. The van der Waals surface area contributed by atoms with Gasteiger partial charge in [0.2, 0.25) is 12.7 Å². The van der Waals surface area contributed by atoms with Gasteiger partial charge in [0, 0.05) is 0 Å². The van der Waals surface area contributed by atoms with Gasteiger partial charge >= 0.3 is 17.9 Å². The van der Waals surface area contributed by atoms with E-state index in [1.807, 2.05) is 84.9 Å². The third-order valence-electron chi connectivity index (χ3n) is 6.52. The normalized spacial score (nSPS) is 13.3. The zero-order valence-electron chi connectivity index (χ0n) is 24.3. The molecule has 3 rings (SSSR count). The predicted molar refractivity (Wildman–Crippen MR) is 158 cm³/mol. The van der Waals surface area contributed by atoms with Gasteiger partial charge in [-0.25, -0.2) is 0 Å². The number of hydrogen-bond acceptors (Lipinski definition) is 7. The van der Waals surface area contributed by atoms with Gasteiger partial charge in [-0.3, -0.25) is 24.5 Å². The molecule has 9 heteroatoms. The van der Waals surface area contributed by atoms with Crippen molar-refractivity contribution in [2.45, 2.75) is 58.7 Å². The molecule has 3 atom stereocenters. The number of carboxylic acids is 1. The minimum Gasteiger partial charge on any atom is -0.480 e. The van der Waals surface area contributed by atoms with Crippen molar-refractivity contribution in [1.29, 1.82) is 0 Å². The van der Waals surface area contributed by atoms with Crippen LogP contribution in [0.25, 0.3) is 11.1 Å². The number of amides is 1. The van der Waals surface area contributed by atoms with Crippen molar-refractivity contribution < 1.29 is 33.8 Å². The highest BCUT2D eigenvalue weighted by molar-refractivity contribution is 5.88. The maximum Gasteiger partial charge on any atom is 0.326 e. The molecule has 0 aliphatic heterocycles. The third kappa shape index (κ3) is 9.85. The fourth-order valence-electron chi connectivity index (χ4n) is 4.06. The molecule has 0 saturated heterocycles. The summed E-state index contributed by atoms with van der Waals surface area (Å²) in [6.45, 7) is 5.85. The molecule has 3 aromatic carbocycles. The summed E-state index contributed by atoms with van der Waals surface area (Å²) >= 11 is 0. The minimum absolute atomic E-state index is 0.171. The van der Waals surface area contributed by atoms with Crippen LogP contribution in [0.4, 0.5) is 0 Å². The van der Waals surface area contributed by atoms with E-state index in [0.717, 1.165) is 22.3 Å². The van der Waals surface area contributed by atoms with Gasteiger partial charge in [-0.2, -0.15) is 0 Å². The van der Waals surface area contributed by atoms with Crippen LogP contribution in [0, 0.1) is 5.41 Å². The lowest BCUT2D eigenvalue weighted by atomic mass is 9.98. The first kappa shape index (κ1) is 32.0. The van der Waals surface area contributed by atoms with Gasteiger partial charge in [-0.15, -0.1) is 0 Å². The molecule has 0 heterocycles. The van der Waals surface area contributed by atoms with Crippen molar-refractivity contribution in [3.63, 3.8) is 0 Å². The number of ether oxygens (including phenoxy) is 2. The van der Waals surface area contributed by atoms with E-state index in [9.17, 15) is 24.3 Å². The largest absolute Gasteiger partial charge is 0.480 e. The van der Waals surface area contributed by atoms with Crippen molar-refractivity contribution in [2.75, 3.05) is 6.79 Å². The number of nitrogens with one attached hydrogen (secondary N) is 2. The Morgan fingerprint density at radius 1 is 0.738 bits per heavy atom. The highest BCUT2D eigenvalue weighted by atomic mass is 16.7. The van der Waals surface area contributed by atoms with Crippen LogP contribution in [0.15, 0.2) is 84.9 Å². The molecule has 0 saturated carbocycles. The molecule has 0 aromatic heterocycles. The molecule has 0 aliphatic rings. The average molecular weight is 575 g/mol. The van der Waals surface area contributed by atoms with E-state index in [2.05, 4.69) is 10.6 Å². The van der Waals surface area contributed by atoms with Crippen LogP contribution in [0.2, 0.25) is 0 Å². The summed E-state index contributed by atoms with van der Waals surface area (Å²) in [5.41, 5.74) is 2.89. The number of hydrogen-bond donors (Lipinski definition) is 3. The molecule has 0 aliphatic carbocycles. The number of carbonyl (C=O) groups is 4. The number of carboxylic acid groups (broad SMARTS) is 1. The highest BCUT2D eigenvalue weighted by Gasteiger charge is 2.30. The topological polar surface area (TPSA) is 131 Å². The average Bonchev–Trinajstić information content (AvgIpc) is 2.97. The number of esters is 2. The van der Waals surface area contributed by atoms with Crippen molar-refractivity contribution in [1.82, 2.24) is 10.6 Å². The van der Waals surface area contributed by atoms with Gasteiger partial charge < -0.3 is 19.9 Å². The molecule has 3 N–H and O–H groups in total. The molecular formula is C33H38N2O7. The number of rotatable bonds is 13. The summed E-state index contributed by atoms with van der Waals surface area (Å²) in [6, 6.07) is 23.6. The van der Waals surface area contributed by atoms with Crippen molar-refractivity contribution in [3.05, 3.63) is 96.1 Å². The Labute approximate surface area is 246 Å².